The monoisotopic (exact) mass is 1060 g/mol. The molecule has 0 spiro atoms. The number of benzene rings is 8. The van der Waals surface area contributed by atoms with Crippen LogP contribution >= 0.6 is 0 Å². The number of rotatable bonds is 6. The predicted octanol–water partition coefficient (Wildman–Crippen LogP) is 17.1. The van der Waals surface area contributed by atoms with Crippen molar-refractivity contribution >= 4 is 54.5 Å². The fraction of sp³-hybridized carbons (Fsp3) is 0.194. The first-order valence-electron chi connectivity index (χ1n) is 25.7. The van der Waals surface area contributed by atoms with Crippen molar-refractivity contribution in [3.63, 3.8) is 0 Å². The number of fused-ring (bicyclic) bond motifs is 7. The van der Waals surface area contributed by atoms with Gasteiger partial charge in [0, 0.05) is 45.6 Å². The van der Waals surface area contributed by atoms with Gasteiger partial charge in [-0.05, 0) is 121 Å². The fourth-order valence-corrected chi connectivity index (χ4v) is 9.30. The summed E-state index contributed by atoms with van der Waals surface area (Å²) in [5, 5.41) is 5.67. The standard InChI is InChI=1S/C46H37N2O.C16H18N.Ir/c1-27(2)36-24-33(30-13-7-6-8-14-30)25-37(28(3)4)44(36)48-41-18-12-11-17-40(41)47-46(48)35-22-19-29(5)43-39-23-32-21-20-31-15-9-10-16-34(31)38(32)26-42(39)49-45(35)43;1-12-11-17-15(10-14(12)16(2,3)4)13-8-6-5-7-9-13;/h6-21,23-28H,1-5H3;5-8,10-11H,1-4H3;/q2*-1;/i5D3;1D3;. The molecule has 8 aromatic carbocycles. The number of hydrogen-bond donors (Lipinski definition) is 0. The molecule has 1 radical (unpaired) electrons. The fourth-order valence-electron chi connectivity index (χ4n) is 9.30. The maximum atomic E-state index is 8.57. The number of imidazole rings is 1. The van der Waals surface area contributed by atoms with Crippen LogP contribution in [0.25, 0.3) is 94.0 Å². The Bertz CT molecular complexity index is 3800. The van der Waals surface area contributed by atoms with Gasteiger partial charge in [0.05, 0.1) is 22.4 Å². The van der Waals surface area contributed by atoms with E-state index in [1.165, 1.54) is 28.5 Å². The molecule has 0 aliphatic heterocycles. The molecule has 335 valence electrons. The van der Waals surface area contributed by atoms with Crippen LogP contribution in [0.2, 0.25) is 0 Å². The van der Waals surface area contributed by atoms with E-state index in [4.69, 9.17) is 17.6 Å². The molecule has 0 aliphatic rings. The summed E-state index contributed by atoms with van der Waals surface area (Å²) < 4.78 is 57.8. The van der Waals surface area contributed by atoms with Crippen LogP contribution in [0.4, 0.5) is 0 Å². The average Bonchev–Trinajstić information content (AvgIpc) is 3.93. The molecule has 11 rings (SSSR count). The van der Waals surface area contributed by atoms with E-state index in [1.54, 1.807) is 6.07 Å². The van der Waals surface area contributed by atoms with Crippen LogP contribution in [0.3, 0.4) is 0 Å². The van der Waals surface area contributed by atoms with Crippen molar-refractivity contribution in [1.82, 2.24) is 14.5 Å². The maximum Gasteiger partial charge on any atom is 0.121 e. The molecule has 0 bridgehead atoms. The van der Waals surface area contributed by atoms with Gasteiger partial charge in [0.25, 0.3) is 0 Å². The average molecular weight is 1060 g/mol. The molecular weight excluding hydrogens is 995 g/mol. The summed E-state index contributed by atoms with van der Waals surface area (Å²) in [5.74, 6) is 1.05. The van der Waals surface area contributed by atoms with E-state index < -0.39 is 13.7 Å². The van der Waals surface area contributed by atoms with Gasteiger partial charge in [-0.15, -0.1) is 53.6 Å². The van der Waals surface area contributed by atoms with Crippen LogP contribution in [0.5, 0.6) is 0 Å². The maximum absolute atomic E-state index is 8.57. The molecule has 0 aliphatic carbocycles. The van der Waals surface area contributed by atoms with E-state index in [1.807, 2.05) is 87.5 Å². The van der Waals surface area contributed by atoms with Gasteiger partial charge in [0.1, 0.15) is 5.58 Å². The number of aryl methyl sites for hydroxylation is 2. The van der Waals surface area contributed by atoms with Gasteiger partial charge in [-0.2, -0.15) is 0 Å². The summed E-state index contributed by atoms with van der Waals surface area (Å²) in [6, 6.07) is 57.5. The second-order valence-electron chi connectivity index (χ2n) is 18.8. The number of para-hydroxylation sites is 2. The van der Waals surface area contributed by atoms with Gasteiger partial charge in [-0.1, -0.05) is 151 Å². The SMILES string of the molecule is [2H]C([2H])([2H])c1c[c-]c(-c2nc3ccccc3n2-c2c(C(C)C)cc(-c3ccccc3)cc2C(C)C)c2oc3cc4c(ccc5ccccc54)cc3c12.[2H]C([2H])([2H])c1cnc(-c2[c-]cccc2)cc1C(C)(C)C.[Ir]. The molecule has 0 N–H and O–H groups in total. The van der Waals surface area contributed by atoms with Gasteiger partial charge < -0.3 is 14.0 Å². The van der Waals surface area contributed by atoms with Crippen molar-refractivity contribution in [1.29, 1.82) is 0 Å². The first kappa shape index (κ1) is 38.5. The van der Waals surface area contributed by atoms with Gasteiger partial charge in [-0.3, -0.25) is 4.98 Å². The van der Waals surface area contributed by atoms with Gasteiger partial charge in [-0.25, -0.2) is 0 Å². The molecular formula is C62H55IrN3O-2. The van der Waals surface area contributed by atoms with Crippen molar-refractivity contribution in [3.8, 4) is 39.5 Å². The number of furan rings is 1. The topological polar surface area (TPSA) is 43.9 Å². The van der Waals surface area contributed by atoms with E-state index >= 15 is 0 Å². The van der Waals surface area contributed by atoms with Crippen molar-refractivity contribution in [3.05, 3.63) is 198 Å². The zero-order valence-corrected chi connectivity index (χ0v) is 41.1. The van der Waals surface area contributed by atoms with E-state index in [9.17, 15) is 0 Å². The van der Waals surface area contributed by atoms with Crippen LogP contribution in [-0.4, -0.2) is 14.5 Å². The molecule has 4 nitrogen and oxygen atoms in total. The zero-order chi connectivity index (χ0) is 50.9. The third kappa shape index (κ3) is 8.41. The zero-order valence-electron chi connectivity index (χ0n) is 44.7. The number of nitrogens with zero attached hydrogens (tertiary/aromatic N) is 3. The normalized spacial score (nSPS) is 13.5. The molecule has 0 atom stereocenters. The summed E-state index contributed by atoms with van der Waals surface area (Å²) in [5.41, 5.74) is 12.1. The summed E-state index contributed by atoms with van der Waals surface area (Å²) in [6.07, 6.45) is 1.48. The molecule has 5 heteroatoms. The second kappa shape index (κ2) is 18.2. The first-order valence-corrected chi connectivity index (χ1v) is 22.7. The molecule has 3 heterocycles. The molecule has 3 aromatic heterocycles. The second-order valence-corrected chi connectivity index (χ2v) is 18.8. The Labute approximate surface area is 416 Å². The van der Waals surface area contributed by atoms with Gasteiger partial charge >= 0.3 is 0 Å². The van der Waals surface area contributed by atoms with Crippen LogP contribution in [0.15, 0.2) is 162 Å². The minimum atomic E-state index is -2.38. The van der Waals surface area contributed by atoms with Gasteiger partial charge in [0.2, 0.25) is 0 Å². The van der Waals surface area contributed by atoms with E-state index in [0.29, 0.717) is 33.5 Å². The van der Waals surface area contributed by atoms with Crippen molar-refractivity contribution in [2.75, 3.05) is 0 Å². The van der Waals surface area contributed by atoms with Gasteiger partial charge in [0.15, 0.2) is 0 Å². The summed E-state index contributed by atoms with van der Waals surface area (Å²) in [6.45, 7) is 10.4. The summed E-state index contributed by atoms with van der Waals surface area (Å²) in [4.78, 5) is 9.58. The largest absolute Gasteiger partial charge is 0.501 e. The minimum absolute atomic E-state index is 0. The third-order valence-corrected chi connectivity index (χ3v) is 12.6. The summed E-state index contributed by atoms with van der Waals surface area (Å²) in [7, 11) is 0. The number of hydrogen-bond acceptors (Lipinski definition) is 3. The Kier molecular flexibility index (Phi) is 10.4. The van der Waals surface area contributed by atoms with Crippen molar-refractivity contribution in [2.24, 2.45) is 0 Å². The molecule has 0 unspecified atom stereocenters. The molecule has 0 saturated carbocycles. The Morgan fingerprint density at radius 1 is 0.657 bits per heavy atom. The summed E-state index contributed by atoms with van der Waals surface area (Å²) >= 11 is 0. The third-order valence-electron chi connectivity index (χ3n) is 12.6. The molecule has 0 fully saturated rings. The number of aromatic nitrogens is 3. The first-order chi connectivity index (χ1) is 34.3. The van der Waals surface area contributed by atoms with E-state index in [2.05, 4.69) is 128 Å². The Morgan fingerprint density at radius 3 is 2.07 bits per heavy atom. The van der Waals surface area contributed by atoms with Crippen LogP contribution in [0.1, 0.15) is 96.3 Å². The van der Waals surface area contributed by atoms with E-state index in [0.717, 1.165) is 60.5 Å². The smallest absolute Gasteiger partial charge is 0.121 e. The molecule has 0 saturated heterocycles. The van der Waals surface area contributed by atoms with Crippen molar-refractivity contribution in [2.45, 2.75) is 79.4 Å². The Morgan fingerprint density at radius 2 is 1.36 bits per heavy atom. The van der Waals surface area contributed by atoms with Crippen LogP contribution in [-0.2, 0) is 25.5 Å². The van der Waals surface area contributed by atoms with Crippen LogP contribution < -0.4 is 0 Å². The van der Waals surface area contributed by atoms with E-state index in [-0.39, 0.29) is 42.9 Å². The predicted molar refractivity (Wildman–Crippen MR) is 278 cm³/mol. The number of pyridine rings is 1. The quantitative estimate of drug-likeness (QED) is 0.123. The molecule has 0 amide bonds. The Hall–Kier alpha value is -6.65. The molecule has 11 aromatic rings. The molecule has 67 heavy (non-hydrogen) atoms. The van der Waals surface area contributed by atoms with Crippen LogP contribution in [0, 0.1) is 25.8 Å². The minimum Gasteiger partial charge on any atom is -0.501 e. The Balaban J connectivity index is 0.000000264. The van der Waals surface area contributed by atoms with Crippen molar-refractivity contribution < 1.29 is 32.7 Å².